The first-order valence-corrected chi connectivity index (χ1v) is 13.0. The number of nitrogens with one attached hydrogen (secondary N) is 1. The number of nitrogens with zero attached hydrogens (tertiary/aromatic N) is 4. The summed E-state index contributed by atoms with van der Waals surface area (Å²) in [5, 5.41) is 14.9. The van der Waals surface area contributed by atoms with E-state index < -0.39 is 0 Å². The van der Waals surface area contributed by atoms with Gasteiger partial charge in [-0.3, -0.25) is 9.20 Å². The van der Waals surface area contributed by atoms with E-state index >= 15 is 0 Å². The molecule has 0 atom stereocenters. The van der Waals surface area contributed by atoms with Crippen LogP contribution in [0.5, 0.6) is 0 Å². The molecule has 0 unspecified atom stereocenters. The van der Waals surface area contributed by atoms with Gasteiger partial charge in [-0.1, -0.05) is 19.3 Å². The summed E-state index contributed by atoms with van der Waals surface area (Å²) in [5.41, 5.74) is 4.77. The van der Waals surface area contributed by atoms with Crippen molar-refractivity contribution in [3.8, 4) is 10.6 Å². The van der Waals surface area contributed by atoms with E-state index in [1.54, 1.807) is 24.3 Å². The number of pyridine rings is 2. The smallest absolute Gasteiger partial charge is 0.253 e. The van der Waals surface area contributed by atoms with Crippen molar-refractivity contribution < 1.29 is 9.52 Å². The van der Waals surface area contributed by atoms with Crippen molar-refractivity contribution in [2.24, 2.45) is 0 Å². The molecule has 182 valence electrons. The Morgan fingerprint density at radius 1 is 1.23 bits per heavy atom. The fraction of sp³-hybridized carbons (Fsp3) is 0.370. The van der Waals surface area contributed by atoms with E-state index in [4.69, 9.17) is 4.98 Å². The molecular weight excluding hydrogens is 458 g/mol. The summed E-state index contributed by atoms with van der Waals surface area (Å²) in [5.74, 6) is -0.176. The van der Waals surface area contributed by atoms with Gasteiger partial charge >= 0.3 is 0 Å². The quantitative estimate of drug-likeness (QED) is 0.305. The van der Waals surface area contributed by atoms with E-state index in [2.05, 4.69) is 36.3 Å². The van der Waals surface area contributed by atoms with Crippen molar-refractivity contribution in [1.29, 1.82) is 0 Å². The van der Waals surface area contributed by atoms with E-state index in [1.165, 1.54) is 30.3 Å². The lowest BCUT2D eigenvalue weighted by molar-refractivity contribution is -0.612. The molecule has 0 saturated heterocycles. The first kappa shape index (κ1) is 23.4. The molecule has 1 saturated carbocycles. The summed E-state index contributed by atoms with van der Waals surface area (Å²) in [6.45, 7) is 4.13. The third-order valence-corrected chi connectivity index (χ3v) is 7.99. The minimum absolute atomic E-state index is 0.176. The van der Waals surface area contributed by atoms with Gasteiger partial charge in [-0.25, -0.2) is 4.98 Å². The monoisotopic (exact) mass is 489 g/mol. The number of carbonyl (C=O) groups excluding carboxylic acids is 1. The van der Waals surface area contributed by atoms with Crippen molar-refractivity contribution >= 4 is 28.6 Å². The number of rotatable bonds is 6. The third-order valence-electron chi connectivity index (χ3n) is 6.97. The number of hydrogen-bond acceptors (Lipinski definition) is 5. The molecule has 0 spiro atoms. The normalized spacial score (nSPS) is 14.4. The predicted molar refractivity (Wildman–Crippen MR) is 140 cm³/mol. The molecule has 8 heteroatoms. The average molecular weight is 490 g/mol. The standard InChI is InChI=1S/C27H31N5O2S/c1-18-9-11-20(16-32(18)34)14-29-27(33)21-13-23(30(3)22-7-5-4-6-8-22)26-28-15-24(31(26)17-21)25-12-10-19(2)35-25/h9-13,15-17,22H,4-8,14H2,1-3H3,(H,29,33). The summed E-state index contributed by atoms with van der Waals surface area (Å²) in [4.78, 5) is 22.7. The van der Waals surface area contributed by atoms with Crippen LogP contribution >= 0.6 is 11.3 Å². The first-order valence-electron chi connectivity index (χ1n) is 12.2. The number of aromatic nitrogens is 3. The Kier molecular flexibility index (Phi) is 6.47. The largest absolute Gasteiger partial charge is 0.619 e. The molecular formula is C27H31N5O2S. The molecule has 0 aromatic carbocycles. The number of hydrogen-bond donors (Lipinski definition) is 1. The van der Waals surface area contributed by atoms with Gasteiger partial charge in [0, 0.05) is 49.3 Å². The van der Waals surface area contributed by atoms with Crippen molar-refractivity contribution in [3.63, 3.8) is 0 Å². The van der Waals surface area contributed by atoms with Gasteiger partial charge in [-0.2, -0.15) is 4.73 Å². The highest BCUT2D eigenvalue weighted by Crippen LogP contribution is 2.34. The molecule has 0 aliphatic heterocycles. The molecule has 4 heterocycles. The van der Waals surface area contributed by atoms with Crippen LogP contribution in [0.1, 0.15) is 58.6 Å². The predicted octanol–water partition coefficient (Wildman–Crippen LogP) is 5.01. The van der Waals surface area contributed by atoms with Gasteiger partial charge in [0.2, 0.25) is 0 Å². The molecule has 0 radical (unpaired) electrons. The molecule has 0 bridgehead atoms. The van der Waals surface area contributed by atoms with Crippen molar-refractivity contribution in [1.82, 2.24) is 14.7 Å². The number of carbonyl (C=O) groups is 1. The average Bonchev–Trinajstić information content (AvgIpc) is 3.50. The lowest BCUT2D eigenvalue weighted by Crippen LogP contribution is -2.34. The molecule has 7 nitrogen and oxygen atoms in total. The molecule has 1 aliphatic carbocycles. The van der Waals surface area contributed by atoms with Crippen LogP contribution in [0.3, 0.4) is 0 Å². The highest BCUT2D eigenvalue weighted by Gasteiger charge is 2.23. The van der Waals surface area contributed by atoms with Crippen LogP contribution in [0, 0.1) is 19.1 Å². The maximum absolute atomic E-state index is 13.3. The second-order valence-electron chi connectivity index (χ2n) is 9.45. The van der Waals surface area contributed by atoms with Crippen LogP contribution in [0.4, 0.5) is 5.69 Å². The van der Waals surface area contributed by atoms with E-state index in [-0.39, 0.29) is 12.5 Å². The number of amides is 1. The van der Waals surface area contributed by atoms with Crippen molar-refractivity contribution in [2.45, 2.75) is 58.5 Å². The summed E-state index contributed by atoms with van der Waals surface area (Å²) in [6, 6.07) is 10.2. The molecule has 5 rings (SSSR count). The van der Waals surface area contributed by atoms with Gasteiger partial charge < -0.3 is 15.4 Å². The van der Waals surface area contributed by atoms with E-state index in [0.29, 0.717) is 17.3 Å². The minimum Gasteiger partial charge on any atom is -0.619 e. The Morgan fingerprint density at radius 3 is 2.74 bits per heavy atom. The Balaban J connectivity index is 1.51. The van der Waals surface area contributed by atoms with Crippen LogP contribution < -0.4 is 14.9 Å². The van der Waals surface area contributed by atoms with Gasteiger partial charge in [0.15, 0.2) is 17.5 Å². The maximum atomic E-state index is 13.3. The number of aryl methyl sites for hydroxylation is 2. The molecule has 1 N–H and O–H groups in total. The Morgan fingerprint density at radius 2 is 2.03 bits per heavy atom. The molecule has 35 heavy (non-hydrogen) atoms. The lowest BCUT2D eigenvalue weighted by atomic mass is 9.94. The summed E-state index contributed by atoms with van der Waals surface area (Å²) < 4.78 is 2.87. The van der Waals surface area contributed by atoms with Crippen molar-refractivity contribution in [2.75, 3.05) is 11.9 Å². The zero-order valence-corrected chi connectivity index (χ0v) is 21.3. The molecule has 1 fully saturated rings. The zero-order valence-electron chi connectivity index (χ0n) is 20.5. The number of imidazole rings is 1. The van der Waals surface area contributed by atoms with Gasteiger partial charge in [0.1, 0.15) is 0 Å². The van der Waals surface area contributed by atoms with E-state index in [0.717, 1.165) is 45.0 Å². The van der Waals surface area contributed by atoms with Gasteiger partial charge in [-0.15, -0.1) is 11.3 Å². The maximum Gasteiger partial charge on any atom is 0.253 e. The van der Waals surface area contributed by atoms with Crippen LogP contribution in [-0.4, -0.2) is 28.4 Å². The Labute approximate surface area is 209 Å². The fourth-order valence-electron chi connectivity index (χ4n) is 4.86. The highest BCUT2D eigenvalue weighted by molar-refractivity contribution is 7.15. The molecule has 1 amide bonds. The topological polar surface area (TPSA) is 76.6 Å². The van der Waals surface area contributed by atoms with Crippen LogP contribution in [0.25, 0.3) is 16.2 Å². The van der Waals surface area contributed by atoms with Crippen LogP contribution in [0.15, 0.2) is 48.9 Å². The van der Waals surface area contributed by atoms with Gasteiger partial charge in [-0.05, 0) is 44.0 Å². The second kappa shape index (κ2) is 9.70. The Bertz CT molecular complexity index is 1370. The summed E-state index contributed by atoms with van der Waals surface area (Å²) in [6.07, 6.45) is 11.3. The minimum atomic E-state index is -0.176. The summed E-state index contributed by atoms with van der Waals surface area (Å²) in [7, 11) is 2.12. The van der Waals surface area contributed by atoms with E-state index in [9.17, 15) is 10.0 Å². The fourth-order valence-corrected chi connectivity index (χ4v) is 5.73. The van der Waals surface area contributed by atoms with Gasteiger partial charge in [0.05, 0.1) is 28.0 Å². The molecule has 4 aromatic heterocycles. The number of fused-ring (bicyclic) bond motifs is 1. The first-order chi connectivity index (χ1) is 16.9. The summed E-state index contributed by atoms with van der Waals surface area (Å²) >= 11 is 1.72. The highest BCUT2D eigenvalue weighted by atomic mass is 32.1. The molecule has 1 aliphatic rings. The van der Waals surface area contributed by atoms with Crippen molar-refractivity contribution in [3.05, 3.63) is 75.8 Å². The van der Waals surface area contributed by atoms with Gasteiger partial charge in [0.25, 0.3) is 5.91 Å². The second-order valence-corrected chi connectivity index (χ2v) is 10.7. The zero-order chi connectivity index (χ0) is 24.5. The van der Waals surface area contributed by atoms with Crippen LogP contribution in [-0.2, 0) is 6.54 Å². The SMILES string of the molecule is Cc1ccc(-c2cnc3c(N(C)C4CCCCC4)cc(C(=O)NCc4ccc(C)[n+]([O-])c4)cn23)s1. The number of thiophene rings is 1. The third kappa shape index (κ3) is 4.75. The lowest BCUT2D eigenvalue weighted by Gasteiger charge is -2.33. The van der Waals surface area contributed by atoms with E-state index in [1.807, 2.05) is 28.9 Å². The number of anilines is 1. The Hall–Kier alpha value is -3.39. The molecule has 4 aromatic rings. The van der Waals surface area contributed by atoms with Crippen LogP contribution in [0.2, 0.25) is 0 Å².